The predicted molar refractivity (Wildman–Crippen MR) is 64.7 cm³/mol. The summed E-state index contributed by atoms with van der Waals surface area (Å²) in [5.74, 6) is 0.751. The number of hydrogen-bond donors (Lipinski definition) is 0. The van der Waals surface area contributed by atoms with Gasteiger partial charge in [-0.1, -0.05) is 28.9 Å². The highest BCUT2D eigenvalue weighted by atomic mass is 79.9. The minimum absolute atomic E-state index is 0.0804. The number of aldehydes is 1. The van der Waals surface area contributed by atoms with Crippen LogP contribution in [0.25, 0.3) is 0 Å². The molecule has 0 fully saturated rings. The van der Waals surface area contributed by atoms with Gasteiger partial charge in [0.05, 0.1) is 6.61 Å². The van der Waals surface area contributed by atoms with Gasteiger partial charge in [-0.15, -0.1) is 0 Å². The molecule has 0 aliphatic heterocycles. The number of ether oxygens (including phenoxy) is 1. The lowest BCUT2D eigenvalue weighted by atomic mass is 10.0. The minimum atomic E-state index is -0.0804. The van der Waals surface area contributed by atoms with Gasteiger partial charge >= 0.3 is 0 Å². The molecule has 0 spiro atoms. The van der Waals surface area contributed by atoms with Gasteiger partial charge in [-0.25, -0.2) is 0 Å². The molecule has 0 aliphatic carbocycles. The Hall–Kier alpha value is -0.830. The summed E-state index contributed by atoms with van der Waals surface area (Å²) in [6.07, 6.45) is 0.947. The fraction of sp³-hybridized carbons (Fsp3) is 0.417. The molecule has 0 bridgehead atoms. The van der Waals surface area contributed by atoms with Gasteiger partial charge in [0.1, 0.15) is 12.0 Å². The summed E-state index contributed by atoms with van der Waals surface area (Å²) in [5.41, 5.74) is 2.13. The van der Waals surface area contributed by atoms with Crippen molar-refractivity contribution in [3.8, 4) is 5.75 Å². The van der Waals surface area contributed by atoms with Gasteiger partial charge in [0, 0.05) is 11.2 Å². The highest BCUT2D eigenvalue weighted by molar-refractivity contribution is 9.08. The normalized spacial score (nSPS) is 12.2. The Morgan fingerprint density at radius 2 is 2.20 bits per heavy atom. The third-order valence-corrected chi connectivity index (χ3v) is 2.83. The number of rotatable bonds is 5. The number of benzene rings is 1. The van der Waals surface area contributed by atoms with Crippen molar-refractivity contribution in [2.24, 2.45) is 0 Å². The lowest BCUT2D eigenvalue weighted by Gasteiger charge is -2.10. The Bertz CT molecular complexity index is 336. The molecule has 1 unspecified atom stereocenters. The second kappa shape index (κ2) is 5.91. The number of carbonyl (C=O) groups excluding carboxylic acids is 1. The average Bonchev–Trinajstić information content (AvgIpc) is 2.28. The van der Waals surface area contributed by atoms with E-state index in [9.17, 15) is 4.79 Å². The molecule has 1 atom stereocenters. The summed E-state index contributed by atoms with van der Waals surface area (Å²) < 4.78 is 5.45. The summed E-state index contributed by atoms with van der Waals surface area (Å²) in [5, 5.41) is 0.770. The monoisotopic (exact) mass is 270 g/mol. The van der Waals surface area contributed by atoms with Crippen molar-refractivity contribution in [1.29, 1.82) is 0 Å². The van der Waals surface area contributed by atoms with Crippen LogP contribution >= 0.6 is 15.9 Å². The zero-order valence-electron chi connectivity index (χ0n) is 9.00. The zero-order chi connectivity index (χ0) is 11.3. The van der Waals surface area contributed by atoms with E-state index in [1.807, 2.05) is 32.0 Å². The molecular formula is C12H15BrO2. The predicted octanol–water partition coefficient (Wildman–Crippen LogP) is 3.28. The third kappa shape index (κ3) is 3.34. The molecule has 2 nitrogen and oxygen atoms in total. The molecule has 0 amide bonds. The Morgan fingerprint density at radius 1 is 1.47 bits per heavy atom. The molecule has 1 aromatic rings. The summed E-state index contributed by atoms with van der Waals surface area (Å²) >= 11 is 3.40. The molecule has 0 saturated heterocycles. The van der Waals surface area contributed by atoms with Crippen LogP contribution < -0.4 is 4.74 Å². The van der Waals surface area contributed by atoms with Crippen molar-refractivity contribution in [3.05, 3.63) is 29.3 Å². The lowest BCUT2D eigenvalue weighted by molar-refractivity contribution is -0.108. The van der Waals surface area contributed by atoms with Crippen LogP contribution in [0.2, 0.25) is 0 Å². The zero-order valence-corrected chi connectivity index (χ0v) is 10.6. The van der Waals surface area contributed by atoms with Crippen molar-refractivity contribution in [2.45, 2.75) is 25.1 Å². The minimum Gasteiger partial charge on any atom is -0.494 e. The van der Waals surface area contributed by atoms with E-state index in [1.165, 1.54) is 0 Å². The molecule has 82 valence electrons. The van der Waals surface area contributed by atoms with E-state index in [2.05, 4.69) is 15.9 Å². The largest absolute Gasteiger partial charge is 0.494 e. The van der Waals surface area contributed by atoms with Crippen LogP contribution in [0.15, 0.2) is 18.2 Å². The number of halogens is 1. The van der Waals surface area contributed by atoms with Crippen molar-refractivity contribution < 1.29 is 9.53 Å². The van der Waals surface area contributed by atoms with Crippen LogP contribution in [-0.4, -0.2) is 12.9 Å². The second-order valence-corrected chi connectivity index (χ2v) is 3.96. The Morgan fingerprint density at radius 3 is 2.73 bits per heavy atom. The first-order valence-electron chi connectivity index (χ1n) is 4.99. The van der Waals surface area contributed by atoms with E-state index < -0.39 is 0 Å². The standard InChI is InChI=1S/C12H15BrO2/c1-3-15-12-5-10(7-13)4-11(6-12)9(2)8-14/h4-6,8-9H,3,7H2,1-2H3. The number of hydrogen-bond acceptors (Lipinski definition) is 2. The number of carbonyl (C=O) groups is 1. The summed E-state index contributed by atoms with van der Waals surface area (Å²) in [6, 6.07) is 5.93. The average molecular weight is 271 g/mol. The first-order valence-corrected chi connectivity index (χ1v) is 6.11. The lowest BCUT2D eigenvalue weighted by Crippen LogP contribution is -1.98. The highest BCUT2D eigenvalue weighted by Crippen LogP contribution is 2.23. The number of alkyl halides is 1. The molecule has 0 heterocycles. The fourth-order valence-corrected chi connectivity index (χ4v) is 1.68. The van der Waals surface area contributed by atoms with Crippen LogP contribution in [0.4, 0.5) is 0 Å². The molecule has 15 heavy (non-hydrogen) atoms. The topological polar surface area (TPSA) is 26.3 Å². The van der Waals surface area contributed by atoms with E-state index in [0.29, 0.717) is 6.61 Å². The van der Waals surface area contributed by atoms with Crippen molar-refractivity contribution in [2.75, 3.05) is 6.61 Å². The summed E-state index contributed by atoms with van der Waals surface area (Å²) in [6.45, 7) is 4.47. The van der Waals surface area contributed by atoms with Crippen LogP contribution in [0.3, 0.4) is 0 Å². The summed E-state index contributed by atoms with van der Waals surface area (Å²) in [4.78, 5) is 10.7. The van der Waals surface area contributed by atoms with Gasteiger partial charge in [0.25, 0.3) is 0 Å². The molecule has 0 saturated carbocycles. The van der Waals surface area contributed by atoms with Crippen LogP contribution in [0.1, 0.15) is 30.9 Å². The van der Waals surface area contributed by atoms with Gasteiger partial charge < -0.3 is 9.53 Å². The van der Waals surface area contributed by atoms with Gasteiger partial charge in [-0.05, 0) is 30.2 Å². The van der Waals surface area contributed by atoms with Crippen LogP contribution in [0, 0.1) is 0 Å². The first-order chi connectivity index (χ1) is 7.21. The SMILES string of the molecule is CCOc1cc(CBr)cc(C(C)C=O)c1. The van der Waals surface area contributed by atoms with E-state index >= 15 is 0 Å². The van der Waals surface area contributed by atoms with Crippen molar-refractivity contribution in [1.82, 2.24) is 0 Å². The van der Waals surface area contributed by atoms with Crippen LogP contribution in [-0.2, 0) is 10.1 Å². The van der Waals surface area contributed by atoms with Gasteiger partial charge in [-0.3, -0.25) is 0 Å². The molecule has 0 N–H and O–H groups in total. The van der Waals surface area contributed by atoms with Crippen LogP contribution in [0.5, 0.6) is 5.75 Å². The molecular weight excluding hydrogens is 256 g/mol. The Kier molecular flexibility index (Phi) is 4.82. The van der Waals surface area contributed by atoms with Gasteiger partial charge in [0.15, 0.2) is 0 Å². The van der Waals surface area contributed by atoms with E-state index in [0.717, 1.165) is 28.5 Å². The molecule has 1 aromatic carbocycles. The molecule has 0 radical (unpaired) electrons. The van der Waals surface area contributed by atoms with E-state index in [1.54, 1.807) is 0 Å². The van der Waals surface area contributed by atoms with Gasteiger partial charge in [-0.2, -0.15) is 0 Å². The molecule has 1 rings (SSSR count). The highest BCUT2D eigenvalue weighted by Gasteiger charge is 2.07. The van der Waals surface area contributed by atoms with Gasteiger partial charge in [0.2, 0.25) is 0 Å². The smallest absolute Gasteiger partial charge is 0.127 e. The van der Waals surface area contributed by atoms with Crippen molar-refractivity contribution in [3.63, 3.8) is 0 Å². The fourth-order valence-electron chi connectivity index (χ4n) is 1.35. The van der Waals surface area contributed by atoms with E-state index in [-0.39, 0.29) is 5.92 Å². The molecule has 3 heteroatoms. The third-order valence-electron chi connectivity index (χ3n) is 2.18. The first kappa shape index (κ1) is 12.2. The Balaban J connectivity index is 3.04. The van der Waals surface area contributed by atoms with Crippen molar-refractivity contribution >= 4 is 22.2 Å². The maximum absolute atomic E-state index is 10.7. The second-order valence-electron chi connectivity index (χ2n) is 3.40. The maximum Gasteiger partial charge on any atom is 0.127 e. The summed E-state index contributed by atoms with van der Waals surface area (Å²) in [7, 11) is 0. The Labute approximate surface area is 98.8 Å². The quantitative estimate of drug-likeness (QED) is 0.606. The molecule has 0 aliphatic rings. The maximum atomic E-state index is 10.7. The molecule has 0 aromatic heterocycles. The van der Waals surface area contributed by atoms with E-state index in [4.69, 9.17) is 4.74 Å².